The Kier molecular flexibility index (Phi) is 3.79. The van der Waals surface area contributed by atoms with Gasteiger partial charge in [0.25, 0.3) is 0 Å². The number of hydrogen-bond acceptors (Lipinski definition) is 2. The topological polar surface area (TPSA) is 21.3 Å². The van der Waals surface area contributed by atoms with Crippen molar-refractivity contribution in [3.8, 4) is 0 Å². The predicted molar refractivity (Wildman–Crippen MR) is 66.5 cm³/mol. The minimum absolute atomic E-state index is 0.135. The third-order valence-corrected chi connectivity index (χ3v) is 3.49. The van der Waals surface area contributed by atoms with E-state index in [1.165, 1.54) is 12.1 Å². The van der Waals surface area contributed by atoms with Gasteiger partial charge in [0.15, 0.2) is 0 Å². The minimum atomic E-state index is -0.184. The summed E-state index contributed by atoms with van der Waals surface area (Å²) in [6.45, 7) is 2.93. The first-order chi connectivity index (χ1) is 8.11. The van der Waals surface area contributed by atoms with Gasteiger partial charge < -0.3 is 10.1 Å². The molecule has 2 rings (SSSR count). The highest BCUT2D eigenvalue weighted by Crippen LogP contribution is 2.28. The Morgan fingerprint density at radius 2 is 2.12 bits per heavy atom. The van der Waals surface area contributed by atoms with Crippen LogP contribution in [0.25, 0.3) is 0 Å². The molecule has 1 heterocycles. The highest BCUT2D eigenvalue weighted by molar-refractivity contribution is 5.18. The van der Waals surface area contributed by atoms with Crippen LogP contribution >= 0.6 is 0 Å². The van der Waals surface area contributed by atoms with Gasteiger partial charge in [-0.25, -0.2) is 4.39 Å². The number of nitrogens with one attached hydrogen (secondary N) is 1. The Balaban J connectivity index is 2.03. The van der Waals surface area contributed by atoms with Crippen LogP contribution in [0, 0.1) is 5.82 Å². The molecule has 1 N–H and O–H groups in total. The molecule has 2 atom stereocenters. The maximum Gasteiger partial charge on any atom is 0.123 e. The first-order valence-corrected chi connectivity index (χ1v) is 6.17. The van der Waals surface area contributed by atoms with Crippen LogP contribution in [-0.2, 0) is 11.2 Å². The standard InChI is InChI=1S/C14H20FNO/c1-14(10-13(16-2)7-8-17-14)9-11-3-5-12(15)6-4-11/h3-6,13,16H,7-10H2,1-2H3. The number of ether oxygens (including phenoxy) is 1. The van der Waals surface area contributed by atoms with Gasteiger partial charge in [-0.2, -0.15) is 0 Å². The molecule has 17 heavy (non-hydrogen) atoms. The lowest BCUT2D eigenvalue weighted by Crippen LogP contribution is -2.45. The molecule has 2 nitrogen and oxygen atoms in total. The van der Waals surface area contributed by atoms with Crippen molar-refractivity contribution >= 4 is 0 Å². The van der Waals surface area contributed by atoms with Crippen molar-refractivity contribution in [3.63, 3.8) is 0 Å². The first kappa shape index (κ1) is 12.5. The molecule has 3 heteroatoms. The zero-order valence-corrected chi connectivity index (χ0v) is 10.5. The van der Waals surface area contributed by atoms with Gasteiger partial charge >= 0.3 is 0 Å². The van der Waals surface area contributed by atoms with Crippen LogP contribution in [0.15, 0.2) is 24.3 Å². The summed E-state index contributed by atoms with van der Waals surface area (Å²) in [7, 11) is 1.99. The predicted octanol–water partition coefficient (Wildman–Crippen LogP) is 2.53. The monoisotopic (exact) mass is 237 g/mol. The molecular weight excluding hydrogens is 217 g/mol. The first-order valence-electron chi connectivity index (χ1n) is 6.17. The van der Waals surface area contributed by atoms with Crippen molar-refractivity contribution in [3.05, 3.63) is 35.6 Å². The van der Waals surface area contributed by atoms with Gasteiger partial charge in [-0.15, -0.1) is 0 Å². The highest BCUT2D eigenvalue weighted by atomic mass is 19.1. The largest absolute Gasteiger partial charge is 0.375 e. The van der Waals surface area contributed by atoms with Crippen molar-refractivity contribution in [2.24, 2.45) is 0 Å². The summed E-state index contributed by atoms with van der Waals surface area (Å²) in [6, 6.07) is 7.22. The summed E-state index contributed by atoms with van der Waals surface area (Å²) >= 11 is 0. The van der Waals surface area contributed by atoms with Crippen LogP contribution in [0.3, 0.4) is 0 Å². The molecule has 94 valence electrons. The molecule has 0 aliphatic carbocycles. The lowest BCUT2D eigenvalue weighted by atomic mass is 9.86. The fraction of sp³-hybridized carbons (Fsp3) is 0.571. The van der Waals surface area contributed by atoms with Crippen molar-refractivity contribution in [1.29, 1.82) is 0 Å². The molecule has 1 saturated heterocycles. The van der Waals surface area contributed by atoms with Crippen LogP contribution in [0.4, 0.5) is 4.39 Å². The summed E-state index contributed by atoms with van der Waals surface area (Å²) in [5, 5.41) is 3.31. The van der Waals surface area contributed by atoms with Crippen molar-refractivity contribution in [1.82, 2.24) is 5.32 Å². The molecule has 1 fully saturated rings. The molecular formula is C14H20FNO. The maximum atomic E-state index is 12.8. The second kappa shape index (κ2) is 5.15. The zero-order valence-electron chi connectivity index (χ0n) is 10.5. The van der Waals surface area contributed by atoms with Crippen LogP contribution in [-0.4, -0.2) is 25.3 Å². The average Bonchev–Trinajstić information content (AvgIpc) is 2.32. The molecule has 1 aliphatic rings. The summed E-state index contributed by atoms with van der Waals surface area (Å²) in [4.78, 5) is 0. The quantitative estimate of drug-likeness (QED) is 0.872. The fourth-order valence-electron chi connectivity index (χ4n) is 2.53. The number of rotatable bonds is 3. The molecule has 0 spiro atoms. The van der Waals surface area contributed by atoms with Gasteiger partial charge in [0.05, 0.1) is 5.60 Å². The molecule has 0 amide bonds. The van der Waals surface area contributed by atoms with E-state index >= 15 is 0 Å². The highest BCUT2D eigenvalue weighted by Gasteiger charge is 2.32. The molecule has 0 aromatic heterocycles. The van der Waals surface area contributed by atoms with Crippen LogP contribution in [0.2, 0.25) is 0 Å². The van der Waals surface area contributed by atoms with Gasteiger partial charge in [0.2, 0.25) is 0 Å². The third-order valence-electron chi connectivity index (χ3n) is 3.49. The summed E-state index contributed by atoms with van der Waals surface area (Å²) < 4.78 is 18.7. The van der Waals surface area contributed by atoms with E-state index in [2.05, 4.69) is 12.2 Å². The Morgan fingerprint density at radius 1 is 1.41 bits per heavy atom. The molecule has 1 aromatic rings. The number of hydrogen-bond donors (Lipinski definition) is 1. The number of halogens is 1. The van der Waals surface area contributed by atoms with Crippen molar-refractivity contribution in [2.75, 3.05) is 13.7 Å². The van der Waals surface area contributed by atoms with E-state index in [4.69, 9.17) is 4.74 Å². The van der Waals surface area contributed by atoms with E-state index in [-0.39, 0.29) is 11.4 Å². The summed E-state index contributed by atoms with van der Waals surface area (Å²) in [6.07, 6.45) is 2.90. The molecule has 0 radical (unpaired) electrons. The molecule has 1 aliphatic heterocycles. The van der Waals surface area contributed by atoms with Gasteiger partial charge in [0, 0.05) is 19.1 Å². The summed E-state index contributed by atoms with van der Waals surface area (Å²) in [5.74, 6) is -0.184. The lowest BCUT2D eigenvalue weighted by molar-refractivity contribution is -0.0744. The van der Waals surface area contributed by atoms with Gasteiger partial charge in [-0.3, -0.25) is 0 Å². The summed E-state index contributed by atoms with van der Waals surface area (Å²) in [5.41, 5.74) is 0.995. The molecule has 0 saturated carbocycles. The number of benzene rings is 1. The van der Waals surface area contributed by atoms with E-state index in [0.29, 0.717) is 6.04 Å². The lowest BCUT2D eigenvalue weighted by Gasteiger charge is -2.38. The Morgan fingerprint density at radius 3 is 2.76 bits per heavy atom. The Bertz CT molecular complexity index is 365. The van der Waals surface area contributed by atoms with Gasteiger partial charge in [-0.05, 0) is 44.5 Å². The average molecular weight is 237 g/mol. The van der Waals surface area contributed by atoms with E-state index < -0.39 is 0 Å². The van der Waals surface area contributed by atoms with Crippen molar-refractivity contribution < 1.29 is 9.13 Å². The van der Waals surface area contributed by atoms with E-state index in [1.54, 1.807) is 0 Å². The van der Waals surface area contributed by atoms with E-state index in [9.17, 15) is 4.39 Å². The van der Waals surface area contributed by atoms with Gasteiger partial charge in [0.1, 0.15) is 5.82 Å². The van der Waals surface area contributed by atoms with Crippen molar-refractivity contribution in [2.45, 2.75) is 37.8 Å². The molecule has 2 unspecified atom stereocenters. The van der Waals surface area contributed by atoms with Crippen LogP contribution in [0.1, 0.15) is 25.3 Å². The molecule has 1 aromatic carbocycles. The molecule has 0 bridgehead atoms. The van der Waals surface area contributed by atoms with Gasteiger partial charge in [-0.1, -0.05) is 12.1 Å². The minimum Gasteiger partial charge on any atom is -0.375 e. The van der Waals surface area contributed by atoms with Crippen LogP contribution in [0.5, 0.6) is 0 Å². The van der Waals surface area contributed by atoms with E-state index in [1.807, 2.05) is 19.2 Å². The zero-order chi connectivity index (χ0) is 12.3. The normalized spacial score (nSPS) is 29.2. The maximum absolute atomic E-state index is 12.8. The smallest absolute Gasteiger partial charge is 0.123 e. The van der Waals surface area contributed by atoms with Crippen LogP contribution < -0.4 is 5.32 Å². The Hall–Kier alpha value is -0.930. The second-order valence-corrected chi connectivity index (χ2v) is 5.08. The SMILES string of the molecule is CNC1CCOC(C)(Cc2ccc(F)cc2)C1. The van der Waals surface area contributed by atoms with E-state index in [0.717, 1.165) is 31.4 Å². The second-order valence-electron chi connectivity index (χ2n) is 5.08. The fourth-order valence-corrected chi connectivity index (χ4v) is 2.53. The Labute approximate surface area is 102 Å². The third kappa shape index (κ3) is 3.27.